The van der Waals surface area contributed by atoms with Crippen LogP contribution < -0.4 is 14.8 Å². The zero-order chi connectivity index (χ0) is 18.1. The van der Waals surface area contributed by atoms with Crippen molar-refractivity contribution in [3.8, 4) is 11.5 Å². The predicted molar refractivity (Wildman–Crippen MR) is 96.6 cm³/mol. The second-order valence-electron chi connectivity index (χ2n) is 6.61. The summed E-state index contributed by atoms with van der Waals surface area (Å²) in [6.07, 6.45) is 0.913. The van der Waals surface area contributed by atoms with E-state index in [9.17, 15) is 9.59 Å². The standard InChI is InChI=1S/C20H20N2O4/c1-13(23)21-17-4-2-3-15(9-17)20(24)22-8-7-16(11-22)14-5-6-18-19(10-14)26-12-25-18/h2-6,9-10,16H,7-8,11-12H2,1H3,(H,21,23). The maximum Gasteiger partial charge on any atom is 0.253 e. The van der Waals surface area contributed by atoms with Crippen LogP contribution in [0, 0.1) is 0 Å². The summed E-state index contributed by atoms with van der Waals surface area (Å²) in [6.45, 7) is 3.09. The van der Waals surface area contributed by atoms with Crippen LogP contribution >= 0.6 is 0 Å². The molecule has 134 valence electrons. The quantitative estimate of drug-likeness (QED) is 0.922. The van der Waals surface area contributed by atoms with Crippen molar-refractivity contribution in [2.75, 3.05) is 25.2 Å². The number of fused-ring (bicyclic) bond motifs is 1. The van der Waals surface area contributed by atoms with Crippen LogP contribution in [-0.4, -0.2) is 36.6 Å². The smallest absolute Gasteiger partial charge is 0.253 e. The van der Waals surface area contributed by atoms with Crippen molar-refractivity contribution in [3.05, 3.63) is 53.6 Å². The third kappa shape index (κ3) is 3.22. The number of hydrogen-bond donors (Lipinski definition) is 1. The number of rotatable bonds is 3. The molecule has 6 heteroatoms. The molecule has 2 aliphatic rings. The molecule has 2 aromatic rings. The molecular formula is C20H20N2O4. The molecule has 1 unspecified atom stereocenters. The van der Waals surface area contributed by atoms with E-state index in [-0.39, 0.29) is 24.5 Å². The minimum absolute atomic E-state index is 0.0135. The van der Waals surface area contributed by atoms with Crippen LogP contribution in [0.15, 0.2) is 42.5 Å². The third-order valence-corrected chi connectivity index (χ3v) is 4.77. The lowest BCUT2D eigenvalue weighted by atomic mass is 9.98. The fourth-order valence-electron chi connectivity index (χ4n) is 3.50. The monoisotopic (exact) mass is 352 g/mol. The first-order chi connectivity index (χ1) is 12.6. The fourth-order valence-corrected chi connectivity index (χ4v) is 3.50. The average Bonchev–Trinajstić information content (AvgIpc) is 3.29. The lowest BCUT2D eigenvalue weighted by Gasteiger charge is -2.17. The van der Waals surface area contributed by atoms with E-state index in [0.717, 1.165) is 23.5 Å². The Morgan fingerprint density at radius 2 is 1.96 bits per heavy atom. The molecule has 2 aromatic carbocycles. The highest BCUT2D eigenvalue weighted by atomic mass is 16.7. The number of ether oxygens (including phenoxy) is 2. The summed E-state index contributed by atoms with van der Waals surface area (Å²) in [6, 6.07) is 13.0. The van der Waals surface area contributed by atoms with Gasteiger partial charge in [-0.2, -0.15) is 0 Å². The Balaban J connectivity index is 1.46. The number of anilines is 1. The number of nitrogens with zero attached hydrogens (tertiary/aromatic N) is 1. The molecule has 0 bridgehead atoms. The van der Waals surface area contributed by atoms with Gasteiger partial charge in [0, 0.05) is 37.2 Å². The van der Waals surface area contributed by atoms with Crippen molar-refractivity contribution in [1.82, 2.24) is 4.90 Å². The number of amides is 2. The molecule has 1 saturated heterocycles. The van der Waals surface area contributed by atoms with Gasteiger partial charge in [0.05, 0.1) is 0 Å². The molecule has 2 heterocycles. The zero-order valence-corrected chi connectivity index (χ0v) is 14.5. The van der Waals surface area contributed by atoms with Gasteiger partial charge in [0.25, 0.3) is 5.91 Å². The maximum atomic E-state index is 12.8. The molecule has 0 aromatic heterocycles. The van der Waals surface area contributed by atoms with Gasteiger partial charge in [-0.3, -0.25) is 9.59 Å². The van der Waals surface area contributed by atoms with Gasteiger partial charge >= 0.3 is 0 Å². The summed E-state index contributed by atoms with van der Waals surface area (Å²) in [7, 11) is 0. The molecule has 0 radical (unpaired) electrons. The van der Waals surface area contributed by atoms with Crippen molar-refractivity contribution in [2.24, 2.45) is 0 Å². The summed E-state index contributed by atoms with van der Waals surface area (Å²) >= 11 is 0. The van der Waals surface area contributed by atoms with Gasteiger partial charge in [-0.25, -0.2) is 0 Å². The maximum absolute atomic E-state index is 12.8. The van der Waals surface area contributed by atoms with Crippen LogP contribution in [0.1, 0.15) is 35.2 Å². The average molecular weight is 352 g/mol. The number of hydrogen-bond acceptors (Lipinski definition) is 4. The predicted octanol–water partition coefficient (Wildman–Crippen LogP) is 3.00. The Morgan fingerprint density at radius 1 is 1.12 bits per heavy atom. The molecule has 1 N–H and O–H groups in total. The topological polar surface area (TPSA) is 67.9 Å². The largest absolute Gasteiger partial charge is 0.454 e. The Kier molecular flexibility index (Phi) is 4.24. The lowest BCUT2D eigenvalue weighted by molar-refractivity contribution is -0.114. The summed E-state index contributed by atoms with van der Waals surface area (Å²) < 4.78 is 10.8. The Morgan fingerprint density at radius 3 is 2.81 bits per heavy atom. The van der Waals surface area contributed by atoms with Crippen LogP contribution in [0.4, 0.5) is 5.69 Å². The van der Waals surface area contributed by atoms with Crippen molar-refractivity contribution < 1.29 is 19.1 Å². The molecule has 0 spiro atoms. The van der Waals surface area contributed by atoms with Crippen molar-refractivity contribution in [1.29, 1.82) is 0 Å². The molecule has 4 rings (SSSR count). The minimum atomic E-state index is -0.154. The van der Waals surface area contributed by atoms with Crippen molar-refractivity contribution in [2.45, 2.75) is 19.3 Å². The molecule has 0 saturated carbocycles. The normalized spacial score (nSPS) is 18.0. The molecule has 1 atom stereocenters. The number of carbonyl (C=O) groups is 2. The molecular weight excluding hydrogens is 332 g/mol. The first-order valence-corrected chi connectivity index (χ1v) is 8.66. The molecule has 6 nitrogen and oxygen atoms in total. The van der Waals surface area contributed by atoms with Gasteiger partial charge in [0.2, 0.25) is 12.7 Å². The van der Waals surface area contributed by atoms with Crippen molar-refractivity contribution in [3.63, 3.8) is 0 Å². The first-order valence-electron chi connectivity index (χ1n) is 8.66. The highest BCUT2D eigenvalue weighted by molar-refractivity contribution is 5.97. The van der Waals surface area contributed by atoms with Crippen LogP contribution in [0.25, 0.3) is 0 Å². The minimum Gasteiger partial charge on any atom is -0.454 e. The van der Waals surface area contributed by atoms with Gasteiger partial charge in [-0.1, -0.05) is 12.1 Å². The van der Waals surface area contributed by atoms with Crippen molar-refractivity contribution >= 4 is 17.5 Å². The molecule has 1 fully saturated rings. The Bertz CT molecular complexity index is 865. The lowest BCUT2D eigenvalue weighted by Crippen LogP contribution is -2.28. The SMILES string of the molecule is CC(=O)Nc1cccc(C(=O)N2CCC(c3ccc4c(c3)OCO4)C2)c1. The third-order valence-electron chi connectivity index (χ3n) is 4.77. The van der Waals surface area contributed by atoms with E-state index in [1.807, 2.05) is 23.1 Å². The number of likely N-dealkylation sites (tertiary alicyclic amines) is 1. The van der Waals surface area contributed by atoms with E-state index >= 15 is 0 Å². The summed E-state index contributed by atoms with van der Waals surface area (Å²) in [5, 5.41) is 2.71. The van der Waals surface area contributed by atoms with E-state index in [0.29, 0.717) is 24.3 Å². The van der Waals surface area contributed by atoms with Crippen LogP contribution in [0.2, 0.25) is 0 Å². The Labute approximate surface area is 151 Å². The van der Waals surface area contributed by atoms with E-state index < -0.39 is 0 Å². The van der Waals surface area contributed by atoms with Crippen LogP contribution in [-0.2, 0) is 4.79 Å². The Hall–Kier alpha value is -3.02. The van der Waals surface area contributed by atoms with Crippen LogP contribution in [0.3, 0.4) is 0 Å². The van der Waals surface area contributed by atoms with Gasteiger partial charge in [0.15, 0.2) is 11.5 Å². The summed E-state index contributed by atoms with van der Waals surface area (Å²) in [4.78, 5) is 25.9. The van der Waals surface area contributed by atoms with Crippen LogP contribution in [0.5, 0.6) is 11.5 Å². The van der Waals surface area contributed by atoms with Gasteiger partial charge in [-0.05, 0) is 42.3 Å². The zero-order valence-electron chi connectivity index (χ0n) is 14.5. The molecule has 2 aliphatic heterocycles. The molecule has 26 heavy (non-hydrogen) atoms. The van der Waals surface area contributed by atoms with E-state index in [2.05, 4.69) is 5.32 Å². The number of nitrogens with one attached hydrogen (secondary N) is 1. The van der Waals surface area contributed by atoms with E-state index in [1.54, 1.807) is 24.3 Å². The molecule has 0 aliphatic carbocycles. The highest BCUT2D eigenvalue weighted by Gasteiger charge is 2.29. The second kappa shape index (κ2) is 6.71. The van der Waals surface area contributed by atoms with E-state index in [1.165, 1.54) is 6.92 Å². The number of benzene rings is 2. The van der Waals surface area contributed by atoms with Gasteiger partial charge in [-0.15, -0.1) is 0 Å². The summed E-state index contributed by atoms with van der Waals surface area (Å²) in [5.41, 5.74) is 2.38. The van der Waals surface area contributed by atoms with E-state index in [4.69, 9.17) is 9.47 Å². The van der Waals surface area contributed by atoms with Gasteiger partial charge < -0.3 is 19.7 Å². The fraction of sp³-hybridized carbons (Fsp3) is 0.300. The highest BCUT2D eigenvalue weighted by Crippen LogP contribution is 2.37. The first kappa shape index (κ1) is 16.4. The molecule has 2 amide bonds. The van der Waals surface area contributed by atoms with Gasteiger partial charge in [0.1, 0.15) is 0 Å². The summed E-state index contributed by atoms with van der Waals surface area (Å²) in [5.74, 6) is 1.66. The second-order valence-corrected chi connectivity index (χ2v) is 6.61. The number of carbonyl (C=O) groups excluding carboxylic acids is 2.